The van der Waals surface area contributed by atoms with Crippen molar-refractivity contribution in [2.75, 3.05) is 13.2 Å². The summed E-state index contributed by atoms with van der Waals surface area (Å²) in [6.45, 7) is 3.35. The maximum Gasteiger partial charge on any atom is 0.238 e. The molecule has 23 heavy (non-hydrogen) atoms. The van der Waals surface area contributed by atoms with Crippen molar-refractivity contribution in [3.05, 3.63) is 35.6 Å². The predicted octanol–water partition coefficient (Wildman–Crippen LogP) is 1.66. The highest BCUT2D eigenvalue weighted by Gasteiger charge is 2.32. The van der Waals surface area contributed by atoms with Gasteiger partial charge in [0.2, 0.25) is 5.91 Å². The van der Waals surface area contributed by atoms with Crippen LogP contribution in [-0.4, -0.2) is 31.1 Å². The lowest BCUT2D eigenvalue weighted by atomic mass is 9.95. The van der Waals surface area contributed by atoms with E-state index in [1.54, 1.807) is 12.1 Å². The van der Waals surface area contributed by atoms with Gasteiger partial charge in [0.25, 0.3) is 0 Å². The Balaban J connectivity index is 1.53. The summed E-state index contributed by atoms with van der Waals surface area (Å²) in [6.07, 6.45) is 2.63. The lowest BCUT2D eigenvalue weighted by Gasteiger charge is -2.20. The van der Waals surface area contributed by atoms with Crippen molar-refractivity contribution < 1.29 is 13.9 Å². The van der Waals surface area contributed by atoms with E-state index in [4.69, 9.17) is 4.74 Å². The minimum absolute atomic E-state index is 0.0261. The van der Waals surface area contributed by atoms with Gasteiger partial charge in [0.05, 0.1) is 6.10 Å². The Kier molecular flexibility index (Phi) is 5.25. The molecule has 6 heteroatoms. The van der Waals surface area contributed by atoms with Gasteiger partial charge in [-0.2, -0.15) is 0 Å². The molecule has 0 spiro atoms. The molecular formula is C17H24FN3O2. The number of amides is 1. The first-order valence-corrected chi connectivity index (χ1v) is 8.33. The minimum atomic E-state index is -0.248. The second-order valence-corrected chi connectivity index (χ2v) is 6.32. The zero-order chi connectivity index (χ0) is 16.2. The van der Waals surface area contributed by atoms with Gasteiger partial charge >= 0.3 is 0 Å². The van der Waals surface area contributed by atoms with Crippen LogP contribution in [0.15, 0.2) is 24.3 Å². The Morgan fingerprint density at radius 2 is 2.13 bits per heavy atom. The average molecular weight is 321 g/mol. The van der Waals surface area contributed by atoms with Crippen molar-refractivity contribution in [2.24, 2.45) is 5.92 Å². The second kappa shape index (κ2) is 7.38. The largest absolute Gasteiger partial charge is 0.373 e. The maximum absolute atomic E-state index is 13.0. The Hall–Kier alpha value is -1.50. The molecular weight excluding hydrogens is 297 g/mol. The van der Waals surface area contributed by atoms with E-state index in [1.165, 1.54) is 12.1 Å². The highest BCUT2D eigenvalue weighted by Crippen LogP contribution is 2.34. The lowest BCUT2D eigenvalue weighted by Crippen LogP contribution is -2.44. The van der Waals surface area contributed by atoms with Gasteiger partial charge in [-0.05, 0) is 37.0 Å². The molecule has 0 bridgehead atoms. The van der Waals surface area contributed by atoms with Crippen molar-refractivity contribution in [2.45, 2.75) is 44.4 Å². The molecule has 4 atom stereocenters. The first kappa shape index (κ1) is 16.4. The first-order valence-electron chi connectivity index (χ1n) is 8.33. The molecule has 0 saturated carbocycles. The summed E-state index contributed by atoms with van der Waals surface area (Å²) in [6, 6.07) is 6.60. The molecule has 126 valence electrons. The van der Waals surface area contributed by atoms with Gasteiger partial charge < -0.3 is 10.1 Å². The minimum Gasteiger partial charge on any atom is -0.373 e. The molecule has 2 aliphatic heterocycles. The number of rotatable bonds is 5. The number of hydrazine groups is 1. The van der Waals surface area contributed by atoms with Gasteiger partial charge in [0, 0.05) is 25.1 Å². The highest BCUT2D eigenvalue weighted by molar-refractivity contribution is 5.82. The maximum atomic E-state index is 13.0. The Labute approximate surface area is 135 Å². The number of benzene rings is 1. The smallest absolute Gasteiger partial charge is 0.238 e. The van der Waals surface area contributed by atoms with Crippen LogP contribution < -0.4 is 16.2 Å². The van der Waals surface area contributed by atoms with Crippen molar-refractivity contribution in [1.29, 1.82) is 0 Å². The van der Waals surface area contributed by atoms with Crippen molar-refractivity contribution >= 4 is 5.91 Å². The van der Waals surface area contributed by atoms with E-state index in [-0.39, 0.29) is 29.8 Å². The SMILES string of the molecule is CCC1CC(C(=O)NC[C@@H]2CCO[C@H]2c2ccc(F)cc2)NN1. The molecule has 0 radical (unpaired) electrons. The summed E-state index contributed by atoms with van der Waals surface area (Å²) in [5.74, 6) is 0.000775. The molecule has 2 saturated heterocycles. The molecule has 0 aliphatic carbocycles. The van der Waals surface area contributed by atoms with Crippen LogP contribution in [0.2, 0.25) is 0 Å². The monoisotopic (exact) mass is 321 g/mol. The summed E-state index contributed by atoms with van der Waals surface area (Å²) >= 11 is 0. The third kappa shape index (κ3) is 3.88. The van der Waals surface area contributed by atoms with Crippen molar-refractivity contribution in [3.63, 3.8) is 0 Å². The Morgan fingerprint density at radius 1 is 1.35 bits per heavy atom. The zero-order valence-electron chi connectivity index (χ0n) is 13.3. The van der Waals surface area contributed by atoms with E-state index in [1.807, 2.05) is 0 Å². The summed E-state index contributed by atoms with van der Waals surface area (Å²) < 4.78 is 18.8. The summed E-state index contributed by atoms with van der Waals surface area (Å²) in [5.41, 5.74) is 7.15. The van der Waals surface area contributed by atoms with E-state index < -0.39 is 0 Å². The number of nitrogens with one attached hydrogen (secondary N) is 3. The molecule has 1 amide bonds. The molecule has 2 fully saturated rings. The molecule has 1 aromatic carbocycles. The number of halogens is 1. The number of hydrogen-bond donors (Lipinski definition) is 3. The van der Waals surface area contributed by atoms with E-state index in [0.717, 1.165) is 24.8 Å². The quantitative estimate of drug-likeness (QED) is 0.772. The average Bonchev–Trinajstić information content (AvgIpc) is 3.22. The molecule has 3 N–H and O–H groups in total. The van der Waals surface area contributed by atoms with Crippen molar-refractivity contribution in [1.82, 2.24) is 16.2 Å². The van der Waals surface area contributed by atoms with Gasteiger partial charge in [-0.25, -0.2) is 9.82 Å². The van der Waals surface area contributed by atoms with Gasteiger partial charge in [-0.3, -0.25) is 10.2 Å². The van der Waals surface area contributed by atoms with Crippen LogP contribution in [0.1, 0.15) is 37.9 Å². The molecule has 1 aromatic rings. The molecule has 2 unspecified atom stereocenters. The third-order valence-corrected chi connectivity index (χ3v) is 4.74. The van der Waals surface area contributed by atoms with Crippen LogP contribution in [0.3, 0.4) is 0 Å². The van der Waals surface area contributed by atoms with Crippen LogP contribution in [0.4, 0.5) is 4.39 Å². The topological polar surface area (TPSA) is 62.4 Å². The second-order valence-electron chi connectivity index (χ2n) is 6.32. The molecule has 2 aliphatic rings. The van der Waals surface area contributed by atoms with Crippen LogP contribution in [-0.2, 0) is 9.53 Å². The van der Waals surface area contributed by atoms with Crippen LogP contribution in [0.25, 0.3) is 0 Å². The Morgan fingerprint density at radius 3 is 2.83 bits per heavy atom. The fraction of sp³-hybridized carbons (Fsp3) is 0.588. The normalized spacial score (nSPS) is 30.5. The van der Waals surface area contributed by atoms with E-state index in [9.17, 15) is 9.18 Å². The van der Waals surface area contributed by atoms with E-state index in [0.29, 0.717) is 19.2 Å². The van der Waals surface area contributed by atoms with Gasteiger partial charge in [-0.1, -0.05) is 19.1 Å². The Bertz CT molecular complexity index is 537. The van der Waals surface area contributed by atoms with Crippen molar-refractivity contribution in [3.8, 4) is 0 Å². The number of ether oxygens (including phenoxy) is 1. The van der Waals surface area contributed by atoms with Crippen LogP contribution in [0.5, 0.6) is 0 Å². The molecule has 2 heterocycles. The van der Waals surface area contributed by atoms with E-state index >= 15 is 0 Å². The standard InChI is InChI=1S/C17H24FN3O2/c1-2-14-9-15(21-20-14)17(22)19-10-12-7-8-23-16(12)11-3-5-13(18)6-4-11/h3-6,12,14-16,20-21H,2,7-10H2,1H3,(H,19,22)/t12-,14?,15?,16-/m0/s1. The van der Waals surface area contributed by atoms with Crippen LogP contribution in [0, 0.1) is 11.7 Å². The number of hydrogen-bond acceptors (Lipinski definition) is 4. The summed E-state index contributed by atoms with van der Waals surface area (Å²) in [5, 5.41) is 3.03. The summed E-state index contributed by atoms with van der Waals surface area (Å²) in [4.78, 5) is 12.2. The first-order chi connectivity index (χ1) is 11.2. The molecule has 5 nitrogen and oxygen atoms in total. The fourth-order valence-electron chi connectivity index (χ4n) is 3.28. The molecule has 3 rings (SSSR count). The van der Waals surface area contributed by atoms with E-state index in [2.05, 4.69) is 23.1 Å². The lowest BCUT2D eigenvalue weighted by molar-refractivity contribution is -0.123. The van der Waals surface area contributed by atoms with Crippen LogP contribution >= 0.6 is 0 Å². The summed E-state index contributed by atoms with van der Waals surface area (Å²) in [7, 11) is 0. The third-order valence-electron chi connectivity index (χ3n) is 4.74. The van der Waals surface area contributed by atoms with Gasteiger partial charge in [0.15, 0.2) is 0 Å². The number of carbonyl (C=O) groups excluding carboxylic acids is 1. The number of carbonyl (C=O) groups is 1. The van der Waals surface area contributed by atoms with Gasteiger partial charge in [0.1, 0.15) is 11.9 Å². The van der Waals surface area contributed by atoms with Gasteiger partial charge in [-0.15, -0.1) is 0 Å². The zero-order valence-corrected chi connectivity index (χ0v) is 13.3. The molecule has 0 aromatic heterocycles. The predicted molar refractivity (Wildman–Crippen MR) is 85.0 cm³/mol. The highest BCUT2D eigenvalue weighted by atomic mass is 19.1. The fourth-order valence-corrected chi connectivity index (χ4v) is 3.28.